The molecule has 2 aliphatic heterocycles. The van der Waals surface area contributed by atoms with Gasteiger partial charge in [-0.2, -0.15) is 13.2 Å². The minimum absolute atomic E-state index is 0.0262. The normalized spacial score (nSPS) is 22.6. The van der Waals surface area contributed by atoms with E-state index in [2.05, 4.69) is 25.2 Å². The molecule has 4 heterocycles. The number of aryl methyl sites for hydroxylation is 1. The average molecular weight is 467 g/mol. The highest BCUT2D eigenvalue weighted by Crippen LogP contribution is 2.32. The molecule has 2 aliphatic rings. The number of amides is 1. The Morgan fingerprint density at radius 3 is 2.70 bits per heavy atom. The van der Waals surface area contributed by atoms with Crippen LogP contribution in [0.5, 0.6) is 0 Å². The van der Waals surface area contributed by atoms with Crippen molar-refractivity contribution in [3.63, 3.8) is 0 Å². The molecule has 178 valence electrons. The van der Waals surface area contributed by atoms with Crippen molar-refractivity contribution in [2.45, 2.75) is 44.6 Å². The molecule has 0 aromatic carbocycles. The van der Waals surface area contributed by atoms with E-state index in [-0.39, 0.29) is 17.9 Å². The molecule has 0 radical (unpaired) electrons. The summed E-state index contributed by atoms with van der Waals surface area (Å²) in [6, 6.07) is 6.43. The summed E-state index contributed by atoms with van der Waals surface area (Å²) in [6.45, 7) is 4.19. The molecule has 0 saturated carbocycles. The summed E-state index contributed by atoms with van der Waals surface area (Å²) in [5, 5.41) is 10.00. The van der Waals surface area contributed by atoms with Crippen molar-refractivity contribution in [2.24, 2.45) is 5.92 Å². The molecular formula is C21H24F3N5O4. The van der Waals surface area contributed by atoms with Crippen molar-refractivity contribution in [1.82, 2.24) is 19.9 Å². The number of carbonyl (C=O) groups excluding carboxylic acids is 1. The van der Waals surface area contributed by atoms with Crippen LogP contribution in [0.3, 0.4) is 0 Å². The van der Waals surface area contributed by atoms with Crippen molar-refractivity contribution in [1.29, 1.82) is 0 Å². The van der Waals surface area contributed by atoms with E-state index >= 15 is 0 Å². The third kappa shape index (κ3) is 6.93. The van der Waals surface area contributed by atoms with E-state index in [1.54, 1.807) is 18.6 Å². The molecule has 0 spiro atoms. The number of pyridine rings is 1. The van der Waals surface area contributed by atoms with E-state index in [0.29, 0.717) is 18.4 Å². The van der Waals surface area contributed by atoms with E-state index in [1.807, 2.05) is 25.1 Å². The zero-order chi connectivity index (χ0) is 24.0. The van der Waals surface area contributed by atoms with E-state index in [4.69, 9.17) is 14.6 Å². The first-order chi connectivity index (χ1) is 15.6. The molecule has 33 heavy (non-hydrogen) atoms. The van der Waals surface area contributed by atoms with Gasteiger partial charge in [-0.25, -0.2) is 9.78 Å². The van der Waals surface area contributed by atoms with E-state index in [1.165, 1.54) is 0 Å². The predicted molar refractivity (Wildman–Crippen MR) is 110 cm³/mol. The molecule has 2 aromatic rings. The number of anilines is 1. The SMILES string of the molecule is Cc1cccc(CN2C[C@H](C(=O)Nc3cnccn3)C[C@H]3OCC[C@H]32)n1.O=C(O)C(F)(F)F. The summed E-state index contributed by atoms with van der Waals surface area (Å²) in [6.07, 6.45) is 1.49. The topological polar surface area (TPSA) is 118 Å². The van der Waals surface area contributed by atoms with Gasteiger partial charge in [-0.05, 0) is 31.9 Å². The number of carboxylic acids is 1. The summed E-state index contributed by atoms with van der Waals surface area (Å²) in [7, 11) is 0. The minimum atomic E-state index is -5.08. The van der Waals surface area contributed by atoms with Gasteiger partial charge in [0.1, 0.15) is 0 Å². The van der Waals surface area contributed by atoms with Crippen LogP contribution >= 0.6 is 0 Å². The number of ether oxygens (including phenoxy) is 1. The first kappa shape index (κ1) is 24.5. The molecule has 3 atom stereocenters. The standard InChI is InChI=1S/C19H23N5O2.C2HF3O2/c1-13-3-2-4-15(22-13)12-24-11-14(9-17-16(24)5-8-26-17)19(25)23-18-10-20-6-7-21-18;3-2(4,5)1(6)7/h2-4,6-7,10,14,16-17H,5,8-9,11-12H2,1H3,(H,21,23,25);(H,6,7)/t14-,16-,17-;/m1./s1. The summed E-state index contributed by atoms with van der Waals surface area (Å²) < 4.78 is 37.6. The third-order valence-corrected chi connectivity index (χ3v) is 5.35. The largest absolute Gasteiger partial charge is 0.490 e. The number of aliphatic carboxylic acids is 1. The molecule has 12 heteroatoms. The lowest BCUT2D eigenvalue weighted by molar-refractivity contribution is -0.192. The van der Waals surface area contributed by atoms with Crippen molar-refractivity contribution in [3.05, 3.63) is 48.2 Å². The number of halogens is 3. The smallest absolute Gasteiger partial charge is 0.475 e. The molecule has 2 aromatic heterocycles. The number of likely N-dealkylation sites (tertiary alicyclic amines) is 1. The molecule has 0 aliphatic carbocycles. The number of hydrogen-bond donors (Lipinski definition) is 2. The molecular weight excluding hydrogens is 443 g/mol. The Labute approximate surface area is 188 Å². The molecule has 4 rings (SSSR count). The van der Waals surface area contributed by atoms with Crippen LogP contribution in [0.2, 0.25) is 0 Å². The zero-order valence-electron chi connectivity index (χ0n) is 17.8. The average Bonchev–Trinajstić information content (AvgIpc) is 3.23. The number of aromatic nitrogens is 3. The van der Waals surface area contributed by atoms with E-state index in [0.717, 1.165) is 37.4 Å². The van der Waals surface area contributed by atoms with Crippen LogP contribution in [-0.4, -0.2) is 68.3 Å². The van der Waals surface area contributed by atoms with Gasteiger partial charge in [-0.15, -0.1) is 0 Å². The molecule has 2 fully saturated rings. The lowest BCUT2D eigenvalue weighted by Gasteiger charge is -2.40. The number of piperidine rings is 1. The van der Waals surface area contributed by atoms with Gasteiger partial charge in [0.2, 0.25) is 5.91 Å². The maximum absolute atomic E-state index is 12.7. The van der Waals surface area contributed by atoms with Crippen LogP contribution in [0.15, 0.2) is 36.8 Å². The van der Waals surface area contributed by atoms with E-state index < -0.39 is 12.1 Å². The molecule has 0 unspecified atom stereocenters. The van der Waals surface area contributed by atoms with Crippen LogP contribution in [0.1, 0.15) is 24.2 Å². The Hall–Kier alpha value is -3.12. The van der Waals surface area contributed by atoms with Gasteiger partial charge < -0.3 is 15.2 Å². The molecule has 1 amide bonds. The van der Waals surface area contributed by atoms with Gasteiger partial charge in [0.05, 0.1) is 23.9 Å². The van der Waals surface area contributed by atoms with Crippen LogP contribution in [0.25, 0.3) is 0 Å². The van der Waals surface area contributed by atoms with Crippen LogP contribution in [0, 0.1) is 12.8 Å². The van der Waals surface area contributed by atoms with Gasteiger partial charge >= 0.3 is 12.1 Å². The maximum atomic E-state index is 12.7. The fourth-order valence-corrected chi connectivity index (χ4v) is 3.91. The molecule has 0 bridgehead atoms. The number of hydrogen-bond acceptors (Lipinski definition) is 7. The number of nitrogens with zero attached hydrogens (tertiary/aromatic N) is 4. The maximum Gasteiger partial charge on any atom is 0.490 e. The lowest BCUT2D eigenvalue weighted by atomic mass is 9.89. The number of alkyl halides is 3. The highest BCUT2D eigenvalue weighted by atomic mass is 19.4. The Kier molecular flexibility index (Phi) is 7.92. The minimum Gasteiger partial charge on any atom is -0.475 e. The van der Waals surface area contributed by atoms with E-state index in [9.17, 15) is 18.0 Å². The van der Waals surface area contributed by atoms with Crippen LogP contribution in [-0.2, 0) is 20.9 Å². The number of fused-ring (bicyclic) bond motifs is 1. The summed E-state index contributed by atoms with van der Waals surface area (Å²) in [5.74, 6) is -2.44. The van der Waals surface area contributed by atoms with Gasteiger partial charge in [0.25, 0.3) is 0 Å². The number of carbonyl (C=O) groups is 2. The van der Waals surface area contributed by atoms with Crippen molar-refractivity contribution < 1.29 is 32.6 Å². The second kappa shape index (κ2) is 10.7. The second-order valence-electron chi connectivity index (χ2n) is 7.78. The number of rotatable bonds is 4. The monoisotopic (exact) mass is 467 g/mol. The van der Waals surface area contributed by atoms with Crippen molar-refractivity contribution in [3.8, 4) is 0 Å². The van der Waals surface area contributed by atoms with Gasteiger partial charge in [0.15, 0.2) is 5.82 Å². The lowest BCUT2D eigenvalue weighted by Crippen LogP contribution is -2.51. The first-order valence-corrected chi connectivity index (χ1v) is 10.3. The Bertz CT molecular complexity index is 960. The predicted octanol–water partition coefficient (Wildman–Crippen LogP) is 2.43. The Morgan fingerprint density at radius 1 is 1.30 bits per heavy atom. The molecule has 2 N–H and O–H groups in total. The highest BCUT2D eigenvalue weighted by Gasteiger charge is 2.42. The van der Waals surface area contributed by atoms with Crippen molar-refractivity contribution in [2.75, 3.05) is 18.5 Å². The van der Waals surface area contributed by atoms with Crippen LogP contribution in [0.4, 0.5) is 19.0 Å². The zero-order valence-corrected chi connectivity index (χ0v) is 17.8. The summed E-state index contributed by atoms with van der Waals surface area (Å²) in [4.78, 5) is 36.7. The summed E-state index contributed by atoms with van der Waals surface area (Å²) in [5.41, 5.74) is 2.04. The second-order valence-corrected chi connectivity index (χ2v) is 7.78. The highest BCUT2D eigenvalue weighted by molar-refractivity contribution is 5.91. The number of carboxylic acid groups (broad SMARTS) is 1. The molecule has 9 nitrogen and oxygen atoms in total. The molecule has 2 saturated heterocycles. The van der Waals surface area contributed by atoms with Gasteiger partial charge in [0, 0.05) is 43.8 Å². The van der Waals surface area contributed by atoms with Gasteiger partial charge in [-0.1, -0.05) is 6.07 Å². The van der Waals surface area contributed by atoms with Gasteiger partial charge in [-0.3, -0.25) is 19.7 Å². The third-order valence-electron chi connectivity index (χ3n) is 5.35. The Balaban J connectivity index is 0.000000383. The fraction of sp³-hybridized carbons (Fsp3) is 0.476. The number of nitrogens with one attached hydrogen (secondary N) is 1. The van der Waals surface area contributed by atoms with Crippen molar-refractivity contribution >= 4 is 17.7 Å². The first-order valence-electron chi connectivity index (χ1n) is 10.3. The Morgan fingerprint density at radius 2 is 2.06 bits per heavy atom. The fourth-order valence-electron chi connectivity index (χ4n) is 3.91. The summed E-state index contributed by atoms with van der Waals surface area (Å²) >= 11 is 0. The quantitative estimate of drug-likeness (QED) is 0.704. The van der Waals surface area contributed by atoms with Crippen LogP contribution < -0.4 is 5.32 Å².